The van der Waals surface area contributed by atoms with Crippen LogP contribution in [0.5, 0.6) is 11.5 Å². The van der Waals surface area contributed by atoms with E-state index in [2.05, 4.69) is 235 Å². The zero-order chi connectivity index (χ0) is 41.5. The lowest BCUT2D eigenvalue weighted by molar-refractivity contribution is 0.488. The van der Waals surface area contributed by atoms with E-state index in [1.807, 2.05) is 6.07 Å². The van der Waals surface area contributed by atoms with Crippen LogP contribution in [-0.2, 0) is 5.41 Å². The van der Waals surface area contributed by atoms with Crippen LogP contribution in [0, 0.1) is 0 Å². The first-order valence-corrected chi connectivity index (χ1v) is 21.8. The van der Waals surface area contributed by atoms with E-state index in [0.29, 0.717) is 0 Å². The molecule has 2 aliphatic carbocycles. The minimum atomic E-state index is -0.605. The monoisotopic (exact) mass is 801 g/mol. The lowest BCUT2D eigenvalue weighted by atomic mass is 9.66. The molecule has 0 aromatic heterocycles. The molecule has 0 N–H and O–H groups in total. The fourth-order valence-corrected chi connectivity index (χ4v) is 10.9. The van der Waals surface area contributed by atoms with Gasteiger partial charge in [-0.25, -0.2) is 0 Å². The smallest absolute Gasteiger partial charge is 0.135 e. The molecule has 10 aromatic carbocycles. The molecule has 3 aliphatic rings. The molecule has 63 heavy (non-hydrogen) atoms. The maximum absolute atomic E-state index is 6.66. The first kappa shape index (κ1) is 35.5. The van der Waals surface area contributed by atoms with Gasteiger partial charge in [-0.2, -0.15) is 0 Å². The van der Waals surface area contributed by atoms with Crippen LogP contribution in [-0.4, -0.2) is 0 Å². The van der Waals surface area contributed by atoms with Gasteiger partial charge >= 0.3 is 0 Å². The number of hydrogen-bond donors (Lipinski definition) is 0. The fraction of sp³-hybridized carbons (Fsp3) is 0.0164. The predicted molar refractivity (Wildman–Crippen MR) is 259 cm³/mol. The third kappa shape index (κ3) is 5.19. The number of anilines is 3. The molecule has 10 aromatic rings. The second-order valence-corrected chi connectivity index (χ2v) is 16.7. The Hall–Kier alpha value is -8.20. The average molecular weight is 802 g/mol. The molecule has 1 heterocycles. The number of fused-ring (bicyclic) bond motifs is 17. The largest absolute Gasteiger partial charge is 0.456 e. The molecule has 0 atom stereocenters. The molecule has 0 saturated carbocycles. The Bertz CT molecular complexity index is 3410. The molecule has 13 rings (SSSR count). The van der Waals surface area contributed by atoms with E-state index in [1.54, 1.807) is 0 Å². The molecule has 0 radical (unpaired) electrons. The summed E-state index contributed by atoms with van der Waals surface area (Å²) in [4.78, 5) is 2.48. The van der Waals surface area contributed by atoms with Gasteiger partial charge in [0.15, 0.2) is 0 Å². The summed E-state index contributed by atoms with van der Waals surface area (Å²) in [5.41, 5.74) is 22.1. The zero-order valence-corrected chi connectivity index (χ0v) is 34.4. The molecule has 2 nitrogen and oxygen atoms in total. The van der Waals surface area contributed by atoms with Crippen LogP contribution in [0.15, 0.2) is 237 Å². The van der Waals surface area contributed by atoms with Crippen molar-refractivity contribution in [3.05, 3.63) is 259 Å². The van der Waals surface area contributed by atoms with Crippen molar-refractivity contribution >= 4 is 17.1 Å². The van der Waals surface area contributed by atoms with Crippen molar-refractivity contribution in [2.75, 3.05) is 4.90 Å². The first-order valence-electron chi connectivity index (χ1n) is 21.8. The molecule has 0 fully saturated rings. The molecular formula is C61H39NO. The Morgan fingerprint density at radius 3 is 1.27 bits per heavy atom. The molecular weight excluding hydrogens is 763 g/mol. The van der Waals surface area contributed by atoms with Crippen LogP contribution in [0.4, 0.5) is 17.1 Å². The lowest BCUT2D eigenvalue weighted by Crippen LogP contribution is -2.29. The number of hydrogen-bond acceptors (Lipinski definition) is 2. The minimum Gasteiger partial charge on any atom is -0.456 e. The summed E-state index contributed by atoms with van der Waals surface area (Å²) in [6.45, 7) is 0. The Kier molecular flexibility index (Phi) is 7.85. The van der Waals surface area contributed by atoms with Crippen molar-refractivity contribution in [1.29, 1.82) is 0 Å². The lowest BCUT2D eigenvalue weighted by Gasteiger charge is -2.36. The Morgan fingerprint density at radius 1 is 0.270 bits per heavy atom. The zero-order valence-electron chi connectivity index (χ0n) is 34.4. The second-order valence-electron chi connectivity index (χ2n) is 16.7. The summed E-state index contributed by atoms with van der Waals surface area (Å²) < 4.78 is 6.66. The number of rotatable bonds is 4. The van der Waals surface area contributed by atoms with Gasteiger partial charge in [0.1, 0.15) is 11.5 Å². The first-order chi connectivity index (χ1) is 31.3. The Morgan fingerprint density at radius 2 is 0.667 bits per heavy atom. The number of benzene rings is 10. The van der Waals surface area contributed by atoms with Crippen LogP contribution < -0.4 is 9.64 Å². The van der Waals surface area contributed by atoms with Gasteiger partial charge < -0.3 is 9.64 Å². The molecule has 0 unspecified atom stereocenters. The Balaban J connectivity index is 1.14. The van der Waals surface area contributed by atoms with Gasteiger partial charge in [0.25, 0.3) is 0 Å². The quantitative estimate of drug-likeness (QED) is 0.176. The van der Waals surface area contributed by atoms with E-state index in [4.69, 9.17) is 4.74 Å². The van der Waals surface area contributed by atoms with E-state index in [0.717, 1.165) is 61.9 Å². The van der Waals surface area contributed by atoms with Gasteiger partial charge in [-0.05, 0) is 115 Å². The summed E-state index contributed by atoms with van der Waals surface area (Å²) in [7, 11) is 0. The van der Waals surface area contributed by atoms with Gasteiger partial charge in [-0.15, -0.1) is 0 Å². The Labute approximate surface area is 367 Å². The van der Waals surface area contributed by atoms with Crippen LogP contribution in [0.3, 0.4) is 0 Å². The molecule has 294 valence electrons. The SMILES string of the molecule is c1ccc(-c2ccccc2N(c2ccc3c(c2)-c2ccccc2Oc2ccccc2-3)c2ccc3c(c2)C2(c4ccccc4-c4ccccc4-3)c3ccccc3-c3ccccc32)cc1. The van der Waals surface area contributed by atoms with Crippen LogP contribution >= 0.6 is 0 Å². The summed E-state index contributed by atoms with van der Waals surface area (Å²) in [5.74, 6) is 1.71. The molecule has 1 aliphatic heterocycles. The average Bonchev–Trinajstić information content (AvgIpc) is 3.50. The summed E-state index contributed by atoms with van der Waals surface area (Å²) >= 11 is 0. The summed E-state index contributed by atoms with van der Waals surface area (Å²) in [6.07, 6.45) is 0. The van der Waals surface area contributed by atoms with Gasteiger partial charge in [0, 0.05) is 28.1 Å². The van der Waals surface area contributed by atoms with E-state index in [9.17, 15) is 0 Å². The summed E-state index contributed by atoms with van der Waals surface area (Å²) in [5, 5.41) is 0. The molecule has 2 heteroatoms. The van der Waals surface area contributed by atoms with Crippen molar-refractivity contribution in [2.45, 2.75) is 5.41 Å². The number of para-hydroxylation sites is 3. The van der Waals surface area contributed by atoms with Gasteiger partial charge in [0.05, 0.1) is 11.1 Å². The maximum Gasteiger partial charge on any atom is 0.135 e. The highest BCUT2D eigenvalue weighted by molar-refractivity contribution is 6.00. The van der Waals surface area contributed by atoms with E-state index >= 15 is 0 Å². The van der Waals surface area contributed by atoms with Crippen molar-refractivity contribution in [1.82, 2.24) is 0 Å². The van der Waals surface area contributed by atoms with Crippen molar-refractivity contribution in [3.63, 3.8) is 0 Å². The highest BCUT2D eigenvalue weighted by atomic mass is 16.5. The third-order valence-electron chi connectivity index (χ3n) is 13.5. The normalized spacial score (nSPS) is 13.0. The van der Waals surface area contributed by atoms with Gasteiger partial charge in [0.2, 0.25) is 0 Å². The van der Waals surface area contributed by atoms with Crippen molar-refractivity contribution in [2.24, 2.45) is 0 Å². The number of nitrogens with zero attached hydrogens (tertiary/aromatic N) is 1. The van der Waals surface area contributed by atoms with E-state index in [-0.39, 0.29) is 0 Å². The van der Waals surface area contributed by atoms with Crippen LogP contribution in [0.1, 0.15) is 22.3 Å². The maximum atomic E-state index is 6.66. The van der Waals surface area contributed by atoms with Gasteiger partial charge in [-0.3, -0.25) is 0 Å². The second kappa shape index (κ2) is 13.9. The highest BCUT2D eigenvalue weighted by Gasteiger charge is 2.49. The van der Waals surface area contributed by atoms with Gasteiger partial charge in [-0.1, -0.05) is 194 Å². The van der Waals surface area contributed by atoms with Crippen molar-refractivity contribution < 1.29 is 4.74 Å². The van der Waals surface area contributed by atoms with Crippen LogP contribution in [0.2, 0.25) is 0 Å². The molecule has 0 saturated heterocycles. The van der Waals surface area contributed by atoms with Crippen LogP contribution in [0.25, 0.3) is 66.8 Å². The summed E-state index contributed by atoms with van der Waals surface area (Å²) in [6, 6.07) is 86.8. The molecule has 0 amide bonds. The van der Waals surface area contributed by atoms with E-state index < -0.39 is 5.41 Å². The topological polar surface area (TPSA) is 12.5 Å². The molecule has 0 bridgehead atoms. The van der Waals surface area contributed by atoms with E-state index in [1.165, 1.54) is 55.6 Å². The fourth-order valence-electron chi connectivity index (χ4n) is 10.9. The predicted octanol–water partition coefficient (Wildman–Crippen LogP) is 16.3. The third-order valence-corrected chi connectivity index (χ3v) is 13.5. The van der Waals surface area contributed by atoms with Crippen molar-refractivity contribution in [3.8, 4) is 78.3 Å². The standard InChI is InChI=1S/C61H39NO/c1-2-18-40(19-3-1)43-20-9-15-31-58(43)62(41-34-36-46-51-26-10-16-32-59(51)63-60-33-17-11-27-52(60)53(46)38-41)42-35-37-50-45-22-5-4-21-44(45)47-23-6-12-28-54(47)61(57(50)39-42)55-29-13-7-24-48(55)49-25-8-14-30-56(49)61/h1-39H. The number of ether oxygens (including phenoxy) is 1. The minimum absolute atomic E-state index is 0.605. The molecule has 1 spiro atoms. The highest BCUT2D eigenvalue weighted by Crippen LogP contribution is 2.62.